The fraction of sp³-hybridized carbons (Fsp3) is 0. The number of nitro groups is 1. The van der Waals surface area contributed by atoms with E-state index < -0.39 is 39.4 Å². The van der Waals surface area contributed by atoms with Gasteiger partial charge >= 0.3 is 5.69 Å². The zero-order valence-electron chi connectivity index (χ0n) is 12.5. The van der Waals surface area contributed by atoms with Crippen molar-refractivity contribution in [1.82, 2.24) is 0 Å². The normalized spacial score (nSPS) is 10.7. The molecule has 0 aliphatic heterocycles. The largest absolute Gasteiger partial charge is 0.318 e. The van der Waals surface area contributed by atoms with Gasteiger partial charge in [-0.3, -0.25) is 10.1 Å². The van der Waals surface area contributed by atoms with Crippen molar-refractivity contribution in [2.24, 2.45) is 0 Å². The van der Waals surface area contributed by atoms with Crippen LogP contribution in [0.25, 0.3) is 22.3 Å². The number of halogens is 4. The van der Waals surface area contributed by atoms with Crippen LogP contribution in [0.2, 0.25) is 0 Å². The highest BCUT2D eigenvalue weighted by Gasteiger charge is 2.33. The summed E-state index contributed by atoms with van der Waals surface area (Å²) in [6, 6.07) is 14.7. The Balaban J connectivity index is 2.18. The van der Waals surface area contributed by atoms with E-state index in [1.165, 1.54) is 24.3 Å². The average Bonchev–Trinajstić information content (AvgIpc) is 2.63. The predicted molar refractivity (Wildman–Crippen MR) is 83.8 cm³/mol. The first kappa shape index (κ1) is 16.6. The monoisotopic (exact) mass is 347 g/mol. The molecule has 0 N–H and O–H groups in total. The molecule has 126 valence electrons. The second-order valence-corrected chi connectivity index (χ2v) is 5.18. The summed E-state index contributed by atoms with van der Waals surface area (Å²) < 4.78 is 54.7. The van der Waals surface area contributed by atoms with Gasteiger partial charge in [0.2, 0.25) is 11.6 Å². The Morgan fingerprint density at radius 3 is 1.68 bits per heavy atom. The van der Waals surface area contributed by atoms with Gasteiger partial charge in [0.05, 0.1) is 4.92 Å². The van der Waals surface area contributed by atoms with Crippen molar-refractivity contribution in [3.63, 3.8) is 0 Å². The maximum Gasteiger partial charge on any atom is 0.318 e. The summed E-state index contributed by atoms with van der Waals surface area (Å²) in [7, 11) is 0. The van der Waals surface area contributed by atoms with Crippen LogP contribution < -0.4 is 0 Å². The van der Waals surface area contributed by atoms with Crippen molar-refractivity contribution in [2.45, 2.75) is 0 Å². The first-order valence-corrected chi connectivity index (χ1v) is 7.08. The van der Waals surface area contributed by atoms with Crippen LogP contribution in [0, 0.1) is 33.4 Å². The molecule has 3 aromatic carbocycles. The molecule has 0 aliphatic rings. The van der Waals surface area contributed by atoms with E-state index in [9.17, 15) is 27.7 Å². The van der Waals surface area contributed by atoms with E-state index in [0.29, 0.717) is 0 Å². The predicted octanol–water partition coefficient (Wildman–Crippen LogP) is 5.49. The lowest BCUT2D eigenvalue weighted by molar-refractivity contribution is -0.387. The third-order valence-corrected chi connectivity index (χ3v) is 3.71. The second kappa shape index (κ2) is 6.35. The minimum absolute atomic E-state index is 0.137. The van der Waals surface area contributed by atoms with E-state index in [2.05, 4.69) is 0 Å². The topological polar surface area (TPSA) is 43.1 Å². The van der Waals surface area contributed by atoms with Crippen LogP contribution in [0.1, 0.15) is 0 Å². The Kier molecular flexibility index (Phi) is 4.22. The third-order valence-electron chi connectivity index (χ3n) is 3.71. The van der Waals surface area contributed by atoms with Gasteiger partial charge in [0.1, 0.15) is 5.56 Å². The highest BCUT2D eigenvalue weighted by molar-refractivity contribution is 5.77. The zero-order valence-corrected chi connectivity index (χ0v) is 12.5. The summed E-state index contributed by atoms with van der Waals surface area (Å²) in [6.07, 6.45) is 0. The molecule has 3 aromatic rings. The first-order chi connectivity index (χ1) is 11.9. The van der Waals surface area contributed by atoms with Crippen LogP contribution in [0.3, 0.4) is 0 Å². The van der Waals surface area contributed by atoms with Crippen molar-refractivity contribution in [3.05, 3.63) is 88.0 Å². The molecule has 0 spiro atoms. The van der Waals surface area contributed by atoms with Gasteiger partial charge in [0.25, 0.3) is 0 Å². The molecule has 25 heavy (non-hydrogen) atoms. The van der Waals surface area contributed by atoms with Crippen molar-refractivity contribution >= 4 is 5.69 Å². The van der Waals surface area contributed by atoms with E-state index in [1.807, 2.05) is 18.2 Å². The molecular weight excluding hydrogens is 338 g/mol. The van der Waals surface area contributed by atoms with Gasteiger partial charge in [-0.1, -0.05) is 54.6 Å². The van der Waals surface area contributed by atoms with Crippen LogP contribution in [0.15, 0.2) is 54.6 Å². The Hall–Kier alpha value is -3.22. The van der Waals surface area contributed by atoms with Crippen LogP contribution in [-0.4, -0.2) is 4.92 Å². The Morgan fingerprint density at radius 2 is 1.12 bits per heavy atom. The Morgan fingerprint density at radius 1 is 0.640 bits per heavy atom. The quantitative estimate of drug-likeness (QED) is 0.207. The summed E-state index contributed by atoms with van der Waals surface area (Å²) in [5.41, 5.74) is -0.956. The van der Waals surface area contributed by atoms with Gasteiger partial charge in [0, 0.05) is 0 Å². The van der Waals surface area contributed by atoms with Crippen molar-refractivity contribution in [3.8, 4) is 22.3 Å². The molecule has 0 bridgehead atoms. The number of hydrogen-bond donors (Lipinski definition) is 0. The fourth-order valence-corrected chi connectivity index (χ4v) is 2.51. The van der Waals surface area contributed by atoms with Crippen LogP contribution in [-0.2, 0) is 0 Å². The van der Waals surface area contributed by atoms with E-state index in [1.54, 1.807) is 12.1 Å². The molecule has 0 aromatic heterocycles. The highest BCUT2D eigenvalue weighted by atomic mass is 19.2. The standard InChI is InChI=1S/C18H9F4NO2/c19-14-13(18(23(24)25)17(22)16(21)15(14)20)12-8-6-11(7-9-12)10-4-2-1-3-5-10/h1-9H. The van der Waals surface area contributed by atoms with Gasteiger partial charge in [-0.2, -0.15) is 4.39 Å². The average molecular weight is 347 g/mol. The molecule has 0 aliphatic carbocycles. The Labute approximate surface area is 139 Å². The molecule has 0 atom stereocenters. The minimum atomic E-state index is -2.21. The van der Waals surface area contributed by atoms with Crippen LogP contribution in [0.4, 0.5) is 23.2 Å². The van der Waals surface area contributed by atoms with Crippen LogP contribution >= 0.6 is 0 Å². The highest BCUT2D eigenvalue weighted by Crippen LogP contribution is 2.38. The smallest absolute Gasteiger partial charge is 0.258 e. The van der Waals surface area contributed by atoms with E-state index in [4.69, 9.17) is 0 Å². The third kappa shape index (κ3) is 2.84. The molecule has 0 radical (unpaired) electrons. The van der Waals surface area contributed by atoms with Gasteiger partial charge in [-0.05, 0) is 16.7 Å². The lowest BCUT2D eigenvalue weighted by Crippen LogP contribution is -2.05. The molecular formula is C18H9F4NO2. The van der Waals surface area contributed by atoms with E-state index in [-0.39, 0.29) is 5.56 Å². The lowest BCUT2D eigenvalue weighted by Gasteiger charge is -2.09. The SMILES string of the molecule is O=[N+]([O-])c1c(F)c(F)c(F)c(F)c1-c1ccc(-c2ccccc2)cc1. The molecule has 0 saturated heterocycles. The molecule has 0 saturated carbocycles. The van der Waals surface area contributed by atoms with Gasteiger partial charge in [0.15, 0.2) is 11.6 Å². The fourth-order valence-electron chi connectivity index (χ4n) is 2.51. The molecule has 7 heteroatoms. The molecule has 0 fully saturated rings. The molecule has 0 heterocycles. The number of rotatable bonds is 3. The van der Waals surface area contributed by atoms with Crippen LogP contribution in [0.5, 0.6) is 0 Å². The summed E-state index contributed by atoms with van der Waals surface area (Å²) in [5, 5.41) is 11.0. The molecule has 3 nitrogen and oxygen atoms in total. The minimum Gasteiger partial charge on any atom is -0.258 e. The maximum absolute atomic E-state index is 14.1. The summed E-state index contributed by atoms with van der Waals surface area (Å²) in [5.74, 6) is -8.15. The number of nitrogens with zero attached hydrogens (tertiary/aromatic N) is 1. The number of benzene rings is 3. The molecule has 0 amide bonds. The lowest BCUT2D eigenvalue weighted by atomic mass is 9.98. The van der Waals surface area contributed by atoms with Crippen molar-refractivity contribution in [2.75, 3.05) is 0 Å². The van der Waals surface area contributed by atoms with Crippen molar-refractivity contribution in [1.29, 1.82) is 0 Å². The van der Waals surface area contributed by atoms with E-state index >= 15 is 0 Å². The van der Waals surface area contributed by atoms with Gasteiger partial charge < -0.3 is 0 Å². The first-order valence-electron chi connectivity index (χ1n) is 7.08. The summed E-state index contributed by atoms with van der Waals surface area (Å²) in [4.78, 5) is 9.75. The maximum atomic E-state index is 14.1. The summed E-state index contributed by atoms with van der Waals surface area (Å²) >= 11 is 0. The van der Waals surface area contributed by atoms with Crippen molar-refractivity contribution < 1.29 is 22.5 Å². The van der Waals surface area contributed by atoms with Gasteiger partial charge in [-0.25, -0.2) is 13.2 Å². The van der Waals surface area contributed by atoms with Gasteiger partial charge in [-0.15, -0.1) is 0 Å². The second-order valence-electron chi connectivity index (χ2n) is 5.18. The number of hydrogen-bond acceptors (Lipinski definition) is 2. The molecule has 0 unspecified atom stereocenters. The Bertz CT molecular complexity index is 957. The summed E-state index contributed by atoms with van der Waals surface area (Å²) in [6.45, 7) is 0. The van der Waals surface area contributed by atoms with E-state index in [0.717, 1.165) is 11.1 Å². The number of nitro benzene ring substituents is 1. The zero-order chi connectivity index (χ0) is 18.1. The molecule has 3 rings (SSSR count).